The lowest BCUT2D eigenvalue weighted by Crippen LogP contribution is -2.48. The van der Waals surface area contributed by atoms with E-state index >= 15 is 0 Å². The van der Waals surface area contributed by atoms with Crippen LogP contribution in [0.25, 0.3) is 10.2 Å². The number of carbonyl (C=O) groups is 2. The Morgan fingerprint density at radius 3 is 2.75 bits per heavy atom. The van der Waals surface area contributed by atoms with Gasteiger partial charge in [-0.1, -0.05) is 6.42 Å². The van der Waals surface area contributed by atoms with E-state index in [-0.39, 0.29) is 23.3 Å². The van der Waals surface area contributed by atoms with Gasteiger partial charge in [-0.05, 0) is 69.1 Å². The fraction of sp³-hybridized carbons (Fsp3) is 0.500. The van der Waals surface area contributed by atoms with Gasteiger partial charge in [-0.15, -0.1) is 11.3 Å². The first-order valence-corrected chi connectivity index (χ1v) is 13.4. The van der Waals surface area contributed by atoms with Crippen LogP contribution in [-0.2, 0) is 23.3 Å². The predicted octanol–water partition coefficient (Wildman–Crippen LogP) is 3.46. The van der Waals surface area contributed by atoms with E-state index in [4.69, 9.17) is 0 Å². The van der Waals surface area contributed by atoms with Crippen LogP contribution >= 0.6 is 11.3 Å². The van der Waals surface area contributed by atoms with Gasteiger partial charge in [0.25, 0.3) is 11.5 Å². The molecule has 1 atom stereocenters. The Morgan fingerprint density at radius 1 is 1.22 bits per heavy atom. The van der Waals surface area contributed by atoms with Crippen LogP contribution in [0, 0.1) is 12.8 Å². The van der Waals surface area contributed by atoms with Crippen molar-refractivity contribution in [3.63, 3.8) is 0 Å². The first-order chi connectivity index (χ1) is 17.3. The number of carbonyl (C=O) groups excluding carboxylic acids is 2. The number of nitrogens with one attached hydrogen (secondary N) is 2. The van der Waals surface area contributed by atoms with E-state index < -0.39 is 5.66 Å². The largest absolute Gasteiger partial charge is 0.349 e. The van der Waals surface area contributed by atoms with Crippen LogP contribution in [0.4, 0.5) is 11.5 Å². The standard InChI is InChI=1S/C26H30N6O3S/c1-14-11-17(25(35)32-20(14)22(33)30-26(32)9-5-4-6-10-26)29-21-19-16-8-7-15(24(34)31(2)3)12-18(16)36-23(19)28-13-27-21/h11,13,15H,4-10,12H2,1-3H3,(H,30,33)(H,27,28,29). The number of aromatic nitrogens is 3. The van der Waals surface area contributed by atoms with Crippen LogP contribution in [-0.4, -0.2) is 45.3 Å². The summed E-state index contributed by atoms with van der Waals surface area (Å²) in [6.45, 7) is 1.88. The number of amides is 2. The second-order valence-corrected chi connectivity index (χ2v) is 11.6. The van der Waals surface area contributed by atoms with Crippen LogP contribution in [0.15, 0.2) is 17.2 Å². The van der Waals surface area contributed by atoms with E-state index in [0.717, 1.165) is 65.6 Å². The van der Waals surface area contributed by atoms with Gasteiger partial charge in [0.2, 0.25) is 5.91 Å². The van der Waals surface area contributed by atoms with Gasteiger partial charge in [-0.2, -0.15) is 0 Å². The Kier molecular flexibility index (Phi) is 5.40. The third kappa shape index (κ3) is 3.45. The number of aryl methyl sites for hydroxylation is 2. The van der Waals surface area contributed by atoms with E-state index in [1.807, 2.05) is 6.92 Å². The molecule has 0 saturated heterocycles. The highest BCUT2D eigenvalue weighted by Crippen LogP contribution is 2.41. The number of hydrogen-bond acceptors (Lipinski definition) is 7. The van der Waals surface area contributed by atoms with Crippen LogP contribution in [0.2, 0.25) is 0 Å². The summed E-state index contributed by atoms with van der Waals surface area (Å²) in [6.07, 6.45) is 8.36. The van der Waals surface area contributed by atoms with Gasteiger partial charge in [0.1, 0.15) is 34.0 Å². The van der Waals surface area contributed by atoms with E-state index in [2.05, 4.69) is 20.6 Å². The lowest BCUT2D eigenvalue weighted by Gasteiger charge is -2.35. The summed E-state index contributed by atoms with van der Waals surface area (Å²) in [5.41, 5.74) is 1.96. The summed E-state index contributed by atoms with van der Waals surface area (Å²) >= 11 is 1.60. The van der Waals surface area contributed by atoms with Crippen molar-refractivity contribution in [3.05, 3.63) is 44.4 Å². The zero-order valence-electron chi connectivity index (χ0n) is 20.8. The average Bonchev–Trinajstić information content (AvgIpc) is 3.37. The van der Waals surface area contributed by atoms with Gasteiger partial charge in [0, 0.05) is 24.9 Å². The van der Waals surface area contributed by atoms with Crippen molar-refractivity contribution in [3.8, 4) is 0 Å². The Hall–Kier alpha value is -3.27. The molecule has 1 unspecified atom stereocenters. The monoisotopic (exact) mass is 506 g/mol. The summed E-state index contributed by atoms with van der Waals surface area (Å²) in [7, 11) is 3.60. The molecule has 4 heterocycles. The van der Waals surface area contributed by atoms with Crippen molar-refractivity contribution < 1.29 is 9.59 Å². The maximum Gasteiger partial charge on any atom is 0.276 e. The van der Waals surface area contributed by atoms with Crippen LogP contribution < -0.4 is 16.2 Å². The third-order valence-electron chi connectivity index (χ3n) is 7.95. The highest BCUT2D eigenvalue weighted by Gasteiger charge is 2.45. The SMILES string of the molecule is Cc1cc(Nc2ncnc3sc4c(c23)CCC(C(=O)N(C)C)C4)c(=O)n2c1C(=O)NC21CCCCC1. The molecule has 1 saturated carbocycles. The fourth-order valence-corrected chi connectivity index (χ4v) is 7.51. The summed E-state index contributed by atoms with van der Waals surface area (Å²) in [5.74, 6) is 0.563. The summed E-state index contributed by atoms with van der Waals surface area (Å²) < 4.78 is 1.70. The van der Waals surface area contributed by atoms with Crippen molar-refractivity contribution in [2.45, 2.75) is 64.0 Å². The normalized spacial score (nSPS) is 20.2. The minimum Gasteiger partial charge on any atom is -0.349 e. The van der Waals surface area contributed by atoms with Gasteiger partial charge in [-0.25, -0.2) is 9.97 Å². The molecular weight excluding hydrogens is 476 g/mol. The molecule has 3 aliphatic rings. The van der Waals surface area contributed by atoms with Gasteiger partial charge >= 0.3 is 0 Å². The predicted molar refractivity (Wildman–Crippen MR) is 139 cm³/mol. The molecule has 0 radical (unpaired) electrons. The van der Waals surface area contributed by atoms with Gasteiger partial charge in [-0.3, -0.25) is 19.0 Å². The highest BCUT2D eigenvalue weighted by molar-refractivity contribution is 7.19. The third-order valence-corrected chi connectivity index (χ3v) is 9.11. The first-order valence-electron chi connectivity index (χ1n) is 12.6. The molecule has 9 nitrogen and oxygen atoms in total. The maximum absolute atomic E-state index is 13.8. The number of anilines is 2. The Labute approximate surface area is 212 Å². The van der Waals surface area contributed by atoms with Crippen molar-refractivity contribution in [2.75, 3.05) is 19.4 Å². The molecular formula is C26H30N6O3S. The van der Waals surface area contributed by atoms with E-state index in [9.17, 15) is 14.4 Å². The van der Waals surface area contributed by atoms with Crippen molar-refractivity contribution >= 4 is 44.9 Å². The second kappa shape index (κ2) is 8.40. The zero-order valence-corrected chi connectivity index (χ0v) is 21.6. The Balaban J connectivity index is 1.41. The lowest BCUT2D eigenvalue weighted by atomic mass is 9.87. The van der Waals surface area contributed by atoms with E-state index in [1.165, 1.54) is 11.9 Å². The molecule has 0 bridgehead atoms. The first kappa shape index (κ1) is 23.1. The molecule has 1 spiro atoms. The topological polar surface area (TPSA) is 109 Å². The molecule has 3 aromatic rings. The fourth-order valence-electron chi connectivity index (χ4n) is 6.24. The summed E-state index contributed by atoms with van der Waals surface area (Å²) in [5, 5.41) is 7.38. The number of nitrogens with zero attached hydrogens (tertiary/aromatic N) is 4. The lowest BCUT2D eigenvalue weighted by molar-refractivity contribution is -0.133. The molecule has 2 N–H and O–H groups in total. The Bertz CT molecular complexity index is 1470. The molecule has 188 valence electrons. The molecule has 2 amide bonds. The molecule has 36 heavy (non-hydrogen) atoms. The summed E-state index contributed by atoms with van der Waals surface area (Å²) in [4.78, 5) is 52.0. The molecule has 3 aromatic heterocycles. The average molecular weight is 507 g/mol. The number of pyridine rings is 1. The van der Waals surface area contributed by atoms with Crippen LogP contribution in [0.5, 0.6) is 0 Å². The number of hydrogen-bond donors (Lipinski definition) is 2. The molecule has 6 rings (SSSR count). The van der Waals surface area contributed by atoms with Gasteiger partial charge in [0.15, 0.2) is 0 Å². The number of thiophene rings is 1. The van der Waals surface area contributed by atoms with Crippen molar-refractivity contribution in [1.29, 1.82) is 0 Å². The molecule has 10 heteroatoms. The van der Waals surface area contributed by atoms with Gasteiger partial charge < -0.3 is 15.5 Å². The van der Waals surface area contributed by atoms with E-state index in [1.54, 1.807) is 41.0 Å². The molecule has 1 fully saturated rings. The highest BCUT2D eigenvalue weighted by atomic mass is 32.1. The summed E-state index contributed by atoms with van der Waals surface area (Å²) in [6, 6.07) is 1.76. The minimum atomic E-state index is -0.638. The van der Waals surface area contributed by atoms with Crippen molar-refractivity contribution in [1.82, 2.24) is 24.8 Å². The van der Waals surface area contributed by atoms with E-state index in [0.29, 0.717) is 23.6 Å². The Morgan fingerprint density at radius 2 is 2.00 bits per heavy atom. The van der Waals surface area contributed by atoms with Crippen LogP contribution in [0.3, 0.4) is 0 Å². The molecule has 2 aliphatic carbocycles. The smallest absolute Gasteiger partial charge is 0.276 e. The number of rotatable bonds is 3. The zero-order chi connectivity index (χ0) is 25.2. The minimum absolute atomic E-state index is 0.0225. The molecule has 1 aliphatic heterocycles. The van der Waals surface area contributed by atoms with Gasteiger partial charge in [0.05, 0.1) is 5.39 Å². The molecule has 0 aromatic carbocycles. The van der Waals surface area contributed by atoms with Crippen LogP contribution in [0.1, 0.15) is 65.0 Å². The van der Waals surface area contributed by atoms with Crippen molar-refractivity contribution in [2.24, 2.45) is 5.92 Å². The maximum atomic E-state index is 13.8. The number of fused-ring (bicyclic) bond motifs is 5. The quantitative estimate of drug-likeness (QED) is 0.563. The second-order valence-electron chi connectivity index (χ2n) is 10.5.